The molecule has 2 atom stereocenters. The highest BCUT2D eigenvalue weighted by Gasteiger charge is 2.33. The molecule has 18 heavy (non-hydrogen) atoms. The smallest absolute Gasteiger partial charge is 0.405 e. The Balaban J connectivity index is 2.27. The maximum Gasteiger partial charge on any atom is 0.405 e. The molecule has 0 spiro atoms. The molecule has 0 bridgehead atoms. The molecule has 1 aliphatic heterocycles. The number of thioether (sulfide) groups is 1. The van der Waals surface area contributed by atoms with Gasteiger partial charge >= 0.3 is 6.09 Å². The second kappa shape index (κ2) is 5.77. The molecule has 5 nitrogen and oxygen atoms in total. The standard InChI is InChI=1S/C12H14N2O3S/c15-11-9(14-12(16)17)10(18-7-6-13-11)8-4-2-1-3-5-8/h1-5,9-10,14H,6-7H2,(H,13,15)(H,16,17)/t9-,10?/m1/s1. The number of hydrogen-bond donors (Lipinski definition) is 3. The third-order valence-electron chi connectivity index (χ3n) is 2.69. The van der Waals surface area contributed by atoms with Crippen molar-refractivity contribution in [3.63, 3.8) is 0 Å². The van der Waals surface area contributed by atoms with Crippen molar-refractivity contribution in [2.75, 3.05) is 12.3 Å². The maximum absolute atomic E-state index is 11.9. The summed E-state index contributed by atoms with van der Waals surface area (Å²) in [7, 11) is 0. The minimum atomic E-state index is -1.18. The lowest BCUT2D eigenvalue weighted by atomic mass is 10.0. The molecule has 0 aromatic heterocycles. The summed E-state index contributed by atoms with van der Waals surface area (Å²) in [6.45, 7) is 0.560. The number of carbonyl (C=O) groups excluding carboxylic acids is 1. The summed E-state index contributed by atoms with van der Waals surface area (Å²) < 4.78 is 0. The minimum absolute atomic E-state index is 0.190. The van der Waals surface area contributed by atoms with Crippen LogP contribution in [0.15, 0.2) is 30.3 Å². The van der Waals surface area contributed by atoms with Gasteiger partial charge < -0.3 is 15.7 Å². The molecule has 2 amide bonds. The highest BCUT2D eigenvalue weighted by Crippen LogP contribution is 2.33. The Hall–Kier alpha value is -1.69. The van der Waals surface area contributed by atoms with E-state index in [1.807, 2.05) is 30.3 Å². The predicted molar refractivity (Wildman–Crippen MR) is 69.6 cm³/mol. The van der Waals surface area contributed by atoms with Crippen molar-refractivity contribution in [1.29, 1.82) is 0 Å². The number of benzene rings is 1. The Morgan fingerprint density at radius 1 is 1.39 bits per heavy atom. The quantitative estimate of drug-likeness (QED) is 0.752. The van der Waals surface area contributed by atoms with E-state index in [1.165, 1.54) is 0 Å². The van der Waals surface area contributed by atoms with Crippen molar-refractivity contribution >= 4 is 23.8 Å². The van der Waals surface area contributed by atoms with Crippen LogP contribution < -0.4 is 10.6 Å². The number of carboxylic acid groups (broad SMARTS) is 1. The van der Waals surface area contributed by atoms with Gasteiger partial charge in [0, 0.05) is 12.3 Å². The Morgan fingerprint density at radius 2 is 2.11 bits per heavy atom. The van der Waals surface area contributed by atoms with Crippen LogP contribution in [-0.2, 0) is 4.79 Å². The van der Waals surface area contributed by atoms with Gasteiger partial charge in [-0.25, -0.2) is 4.79 Å². The van der Waals surface area contributed by atoms with Crippen molar-refractivity contribution in [2.45, 2.75) is 11.3 Å². The lowest BCUT2D eigenvalue weighted by Gasteiger charge is -2.23. The van der Waals surface area contributed by atoms with Crippen LogP contribution in [-0.4, -0.2) is 35.4 Å². The molecule has 1 heterocycles. The van der Waals surface area contributed by atoms with Gasteiger partial charge in [0.2, 0.25) is 5.91 Å². The molecular formula is C12H14N2O3S. The van der Waals surface area contributed by atoms with E-state index in [2.05, 4.69) is 10.6 Å². The Morgan fingerprint density at radius 3 is 2.78 bits per heavy atom. The number of rotatable bonds is 2. The van der Waals surface area contributed by atoms with E-state index < -0.39 is 12.1 Å². The first-order valence-corrected chi connectivity index (χ1v) is 6.67. The van der Waals surface area contributed by atoms with Crippen LogP contribution in [0.1, 0.15) is 10.8 Å². The summed E-state index contributed by atoms with van der Waals surface area (Å²) in [6.07, 6.45) is -1.18. The van der Waals surface area contributed by atoms with Crippen molar-refractivity contribution in [3.8, 4) is 0 Å². The van der Waals surface area contributed by atoms with Crippen molar-refractivity contribution < 1.29 is 14.7 Å². The van der Waals surface area contributed by atoms with Gasteiger partial charge in [-0.1, -0.05) is 30.3 Å². The van der Waals surface area contributed by atoms with Gasteiger partial charge in [-0.3, -0.25) is 4.79 Å². The molecule has 1 aromatic rings. The fourth-order valence-electron chi connectivity index (χ4n) is 1.91. The fraction of sp³-hybridized carbons (Fsp3) is 0.333. The van der Waals surface area contributed by atoms with Crippen LogP contribution in [0.2, 0.25) is 0 Å². The second-order valence-corrected chi connectivity index (χ2v) is 5.17. The first-order valence-electron chi connectivity index (χ1n) is 5.62. The zero-order valence-electron chi connectivity index (χ0n) is 9.63. The third-order valence-corrected chi connectivity index (χ3v) is 4.03. The van der Waals surface area contributed by atoms with Crippen molar-refractivity contribution in [3.05, 3.63) is 35.9 Å². The van der Waals surface area contributed by atoms with Gasteiger partial charge in [0.1, 0.15) is 6.04 Å². The van der Waals surface area contributed by atoms with E-state index >= 15 is 0 Å². The lowest BCUT2D eigenvalue weighted by molar-refractivity contribution is -0.122. The largest absolute Gasteiger partial charge is 0.465 e. The monoisotopic (exact) mass is 266 g/mol. The van der Waals surface area contributed by atoms with E-state index in [4.69, 9.17) is 5.11 Å². The molecule has 0 saturated carbocycles. The van der Waals surface area contributed by atoms with Crippen LogP contribution in [0.25, 0.3) is 0 Å². The third kappa shape index (κ3) is 2.95. The van der Waals surface area contributed by atoms with Gasteiger partial charge in [0.05, 0.1) is 5.25 Å². The lowest BCUT2D eigenvalue weighted by Crippen LogP contribution is -2.47. The van der Waals surface area contributed by atoms with E-state index in [9.17, 15) is 9.59 Å². The average Bonchev–Trinajstić information content (AvgIpc) is 2.53. The molecule has 1 saturated heterocycles. The van der Waals surface area contributed by atoms with Crippen LogP contribution in [0.3, 0.4) is 0 Å². The summed E-state index contributed by atoms with van der Waals surface area (Å²) >= 11 is 1.58. The van der Waals surface area contributed by atoms with Gasteiger partial charge in [0.25, 0.3) is 0 Å². The van der Waals surface area contributed by atoms with Crippen molar-refractivity contribution in [2.24, 2.45) is 0 Å². The summed E-state index contributed by atoms with van der Waals surface area (Å²) in [5.41, 5.74) is 0.957. The second-order valence-electron chi connectivity index (χ2n) is 3.92. The molecule has 1 aromatic carbocycles. The van der Waals surface area contributed by atoms with Gasteiger partial charge in [-0.15, -0.1) is 11.8 Å². The normalized spacial score (nSPS) is 23.9. The highest BCUT2D eigenvalue weighted by atomic mass is 32.2. The Bertz CT molecular complexity index is 438. The first-order chi connectivity index (χ1) is 8.68. The number of amides is 2. The van der Waals surface area contributed by atoms with E-state index in [1.54, 1.807) is 11.8 Å². The highest BCUT2D eigenvalue weighted by molar-refractivity contribution is 7.99. The fourth-order valence-corrected chi connectivity index (χ4v) is 3.12. The summed E-state index contributed by atoms with van der Waals surface area (Å²) in [5, 5.41) is 13.7. The van der Waals surface area contributed by atoms with Crippen LogP contribution >= 0.6 is 11.8 Å². The number of carbonyl (C=O) groups is 2. The van der Waals surface area contributed by atoms with E-state index in [-0.39, 0.29) is 11.2 Å². The Labute approximate surface area is 109 Å². The van der Waals surface area contributed by atoms with Crippen LogP contribution in [0.4, 0.5) is 4.79 Å². The molecule has 1 fully saturated rings. The van der Waals surface area contributed by atoms with Crippen LogP contribution in [0, 0.1) is 0 Å². The zero-order chi connectivity index (χ0) is 13.0. The predicted octanol–water partition coefficient (Wildman–Crippen LogP) is 1.23. The molecule has 0 radical (unpaired) electrons. The SMILES string of the molecule is O=C(O)N[C@H]1C(=O)NCCSC1c1ccccc1. The van der Waals surface area contributed by atoms with Crippen molar-refractivity contribution in [1.82, 2.24) is 10.6 Å². The topological polar surface area (TPSA) is 78.4 Å². The van der Waals surface area contributed by atoms with Gasteiger partial charge in [0.15, 0.2) is 0 Å². The zero-order valence-corrected chi connectivity index (χ0v) is 10.4. The molecule has 2 rings (SSSR count). The molecule has 96 valence electrons. The van der Waals surface area contributed by atoms with E-state index in [0.29, 0.717) is 6.54 Å². The average molecular weight is 266 g/mol. The van der Waals surface area contributed by atoms with Gasteiger partial charge in [-0.2, -0.15) is 0 Å². The number of nitrogens with one attached hydrogen (secondary N) is 2. The molecule has 0 aliphatic carbocycles. The molecular weight excluding hydrogens is 252 g/mol. The van der Waals surface area contributed by atoms with E-state index in [0.717, 1.165) is 11.3 Å². The summed E-state index contributed by atoms with van der Waals surface area (Å²) in [6, 6.07) is 8.73. The van der Waals surface area contributed by atoms with Crippen LogP contribution in [0.5, 0.6) is 0 Å². The first kappa shape index (κ1) is 12.8. The molecule has 1 aliphatic rings. The summed E-state index contributed by atoms with van der Waals surface area (Å²) in [5.74, 6) is 0.500. The Kier molecular flexibility index (Phi) is 4.09. The molecule has 6 heteroatoms. The number of hydrogen-bond acceptors (Lipinski definition) is 3. The molecule has 3 N–H and O–H groups in total. The maximum atomic E-state index is 11.9. The molecule has 1 unspecified atom stereocenters. The van der Waals surface area contributed by atoms with Gasteiger partial charge in [-0.05, 0) is 5.56 Å². The summed E-state index contributed by atoms with van der Waals surface area (Å²) in [4.78, 5) is 22.7. The minimum Gasteiger partial charge on any atom is -0.465 e.